The lowest BCUT2D eigenvalue weighted by molar-refractivity contribution is -0.196. The van der Waals surface area contributed by atoms with Crippen LogP contribution in [0.15, 0.2) is 34.3 Å². The van der Waals surface area contributed by atoms with E-state index >= 15 is 0 Å². The predicted molar refractivity (Wildman–Crippen MR) is 96.1 cm³/mol. The van der Waals surface area contributed by atoms with Crippen LogP contribution >= 0.6 is 21.6 Å². The first kappa shape index (κ1) is 21.1. The Labute approximate surface area is 161 Å². The minimum atomic E-state index is -4.78. The summed E-state index contributed by atoms with van der Waals surface area (Å²) >= 11 is 0. The number of hydrogen-bond acceptors (Lipinski definition) is 9. The Morgan fingerprint density at radius 1 is 1.44 bits per heavy atom. The molecule has 11 nitrogen and oxygen atoms in total. The van der Waals surface area contributed by atoms with Crippen LogP contribution in [0.5, 0.6) is 0 Å². The molecule has 0 aliphatic carbocycles. The first-order valence-corrected chi connectivity index (χ1v) is 10.9. The smallest absolute Gasteiger partial charge is 0.329 e. The van der Waals surface area contributed by atoms with Crippen molar-refractivity contribution in [1.82, 2.24) is 5.06 Å². The maximum absolute atomic E-state index is 12.1. The fourth-order valence-electron chi connectivity index (χ4n) is 1.90. The number of hydroxylamine groups is 2. The summed E-state index contributed by atoms with van der Waals surface area (Å²) in [7, 11) is -2.66. The molecule has 1 aliphatic heterocycles. The highest BCUT2D eigenvalue weighted by Crippen LogP contribution is 2.40. The molecule has 1 N–H and O–H groups in total. The molecule has 144 valence electrons. The quantitative estimate of drug-likeness (QED) is 0.170. The van der Waals surface area contributed by atoms with Crippen LogP contribution in [0.25, 0.3) is 10.4 Å². The van der Waals surface area contributed by atoms with Crippen molar-refractivity contribution < 1.29 is 32.2 Å². The summed E-state index contributed by atoms with van der Waals surface area (Å²) in [6, 6.07) is 6.64. The summed E-state index contributed by atoms with van der Waals surface area (Å²) in [6.07, 6.45) is -0.805. The van der Waals surface area contributed by atoms with Crippen molar-refractivity contribution in [3.05, 3.63) is 34.7 Å². The van der Waals surface area contributed by atoms with Gasteiger partial charge in [0, 0.05) is 9.81 Å². The van der Waals surface area contributed by atoms with Crippen LogP contribution in [0.2, 0.25) is 0 Å². The summed E-state index contributed by atoms with van der Waals surface area (Å²) < 4.78 is 31.1. The zero-order valence-electron chi connectivity index (χ0n) is 13.6. The van der Waals surface area contributed by atoms with Crippen molar-refractivity contribution in [1.29, 1.82) is 0 Å². The minimum Gasteiger partial charge on any atom is -0.329 e. The van der Waals surface area contributed by atoms with E-state index in [0.717, 1.165) is 21.6 Å². The average Bonchev–Trinajstić information content (AvgIpc) is 2.89. The third-order valence-corrected chi connectivity index (χ3v) is 7.12. The van der Waals surface area contributed by atoms with E-state index in [-0.39, 0.29) is 5.06 Å². The van der Waals surface area contributed by atoms with Gasteiger partial charge in [-0.05, 0) is 18.5 Å². The fraction of sp³-hybridized carbons (Fsp3) is 0.308. The van der Waals surface area contributed by atoms with E-state index in [2.05, 4.69) is 10.0 Å². The molecule has 1 heterocycles. The summed E-state index contributed by atoms with van der Waals surface area (Å²) in [5, 5.41) is 0.726. The molecular weight excluding hydrogens is 420 g/mol. The van der Waals surface area contributed by atoms with E-state index in [1.165, 1.54) is 6.92 Å². The molecule has 1 saturated heterocycles. The highest BCUT2D eigenvalue weighted by Gasteiger charge is 2.48. The van der Waals surface area contributed by atoms with E-state index in [0.29, 0.717) is 10.6 Å². The second kappa shape index (κ2) is 8.63. The van der Waals surface area contributed by atoms with Gasteiger partial charge in [-0.15, -0.1) is 5.06 Å². The van der Waals surface area contributed by atoms with Crippen molar-refractivity contribution in [3.63, 3.8) is 0 Å². The molecule has 1 aromatic rings. The van der Waals surface area contributed by atoms with Crippen molar-refractivity contribution in [2.45, 2.75) is 28.7 Å². The lowest BCUT2D eigenvalue weighted by atomic mass is 10.3. The molecule has 0 bridgehead atoms. The van der Waals surface area contributed by atoms with Crippen LogP contribution in [0.4, 0.5) is 5.69 Å². The molecule has 0 radical (unpaired) electrons. The van der Waals surface area contributed by atoms with Gasteiger partial charge in [0.1, 0.15) is 5.25 Å². The van der Waals surface area contributed by atoms with Gasteiger partial charge in [0.25, 0.3) is 21.9 Å². The fourth-order valence-corrected chi connectivity index (χ4v) is 4.70. The number of hydrogen-bond donors (Lipinski definition) is 1. The highest BCUT2D eigenvalue weighted by atomic mass is 33.1. The summed E-state index contributed by atoms with van der Waals surface area (Å²) in [6.45, 7) is 1.45. The van der Waals surface area contributed by atoms with Crippen LogP contribution in [-0.2, 0) is 29.3 Å². The monoisotopic (exact) mass is 432 g/mol. The molecule has 0 saturated carbocycles. The third kappa shape index (κ3) is 5.14. The molecule has 1 aliphatic rings. The van der Waals surface area contributed by atoms with E-state index < -0.39 is 44.8 Å². The third-order valence-electron chi connectivity index (χ3n) is 3.23. The molecule has 2 amide bonds. The zero-order chi connectivity index (χ0) is 20.2. The van der Waals surface area contributed by atoms with Crippen molar-refractivity contribution in [2.75, 3.05) is 0 Å². The predicted octanol–water partition coefficient (Wildman–Crippen LogP) is 2.23. The van der Waals surface area contributed by atoms with Gasteiger partial charge < -0.3 is 4.84 Å². The first-order chi connectivity index (χ1) is 12.6. The van der Waals surface area contributed by atoms with Gasteiger partial charge in [0.15, 0.2) is 5.25 Å². The SMILES string of the molecule is CC(SSc1ccccc1N=[N+]=[N-])C(=O)ON1C(=O)CC(S(=O)(=O)O)C1=O. The molecular formula is C13H12N4O7S3. The summed E-state index contributed by atoms with van der Waals surface area (Å²) in [5.41, 5.74) is 8.90. The van der Waals surface area contributed by atoms with Crippen LogP contribution in [0, 0.1) is 0 Å². The normalized spacial score (nSPS) is 18.1. The second-order valence-electron chi connectivity index (χ2n) is 5.12. The first-order valence-electron chi connectivity index (χ1n) is 7.17. The van der Waals surface area contributed by atoms with Gasteiger partial charge in [-0.1, -0.05) is 44.9 Å². The summed E-state index contributed by atoms with van der Waals surface area (Å²) in [5.74, 6) is -3.34. The van der Waals surface area contributed by atoms with E-state index in [9.17, 15) is 22.8 Å². The van der Waals surface area contributed by atoms with Crippen molar-refractivity contribution >= 4 is 55.2 Å². The molecule has 0 spiro atoms. The lowest BCUT2D eigenvalue weighted by Crippen LogP contribution is -2.38. The van der Waals surface area contributed by atoms with E-state index in [1.807, 2.05) is 0 Å². The Kier molecular flexibility index (Phi) is 6.73. The van der Waals surface area contributed by atoms with Gasteiger partial charge in [-0.2, -0.15) is 8.42 Å². The molecule has 2 rings (SSSR count). The lowest BCUT2D eigenvalue weighted by Gasteiger charge is -2.16. The number of carbonyl (C=O) groups is 3. The molecule has 0 aromatic heterocycles. The zero-order valence-corrected chi connectivity index (χ0v) is 16.0. The Morgan fingerprint density at radius 2 is 2.11 bits per heavy atom. The van der Waals surface area contributed by atoms with Gasteiger partial charge in [0.2, 0.25) is 0 Å². The highest BCUT2D eigenvalue weighted by molar-refractivity contribution is 8.77. The van der Waals surface area contributed by atoms with Crippen LogP contribution in [-0.4, -0.2) is 46.3 Å². The van der Waals surface area contributed by atoms with Gasteiger partial charge in [-0.25, -0.2) is 4.79 Å². The number of azide groups is 1. The number of nitrogens with zero attached hydrogens (tertiary/aromatic N) is 4. The second-order valence-corrected chi connectivity index (χ2v) is 9.31. The number of rotatable bonds is 7. The van der Waals surface area contributed by atoms with Crippen molar-refractivity contribution in [3.8, 4) is 0 Å². The number of amides is 2. The van der Waals surface area contributed by atoms with Crippen LogP contribution < -0.4 is 0 Å². The molecule has 2 unspecified atom stereocenters. The Balaban J connectivity index is 1.99. The molecule has 27 heavy (non-hydrogen) atoms. The minimum absolute atomic E-state index is 0.0520. The Morgan fingerprint density at radius 3 is 2.70 bits per heavy atom. The Hall–Kier alpha value is -2.25. The number of imide groups is 1. The van der Waals surface area contributed by atoms with Crippen LogP contribution in [0.1, 0.15) is 13.3 Å². The topological polar surface area (TPSA) is 167 Å². The largest absolute Gasteiger partial charge is 0.346 e. The molecule has 1 fully saturated rings. The standard InChI is InChI=1S/C13H12N4O7S3/c1-7(25-26-9-5-3-2-4-8(9)15-16-14)13(20)24-17-11(18)6-10(12(17)19)27(21,22)23/h2-5,7,10H,6H2,1H3,(H,21,22,23). The maximum Gasteiger partial charge on any atom is 0.346 e. The van der Waals surface area contributed by atoms with Gasteiger partial charge in [0.05, 0.1) is 12.1 Å². The molecule has 2 atom stereocenters. The van der Waals surface area contributed by atoms with E-state index in [1.54, 1.807) is 24.3 Å². The molecule has 14 heteroatoms. The molecule has 1 aromatic carbocycles. The maximum atomic E-state index is 12.1. The Bertz CT molecular complexity index is 930. The summed E-state index contributed by atoms with van der Waals surface area (Å²) in [4.78, 5) is 43.6. The van der Waals surface area contributed by atoms with Crippen LogP contribution in [0.3, 0.4) is 0 Å². The van der Waals surface area contributed by atoms with Crippen molar-refractivity contribution in [2.24, 2.45) is 5.11 Å². The number of carbonyl (C=O) groups excluding carboxylic acids is 3. The van der Waals surface area contributed by atoms with Gasteiger partial charge >= 0.3 is 5.97 Å². The van der Waals surface area contributed by atoms with Gasteiger partial charge in [-0.3, -0.25) is 14.1 Å². The number of benzene rings is 1. The average molecular weight is 432 g/mol. The van der Waals surface area contributed by atoms with E-state index in [4.69, 9.17) is 14.9 Å².